The highest BCUT2D eigenvalue weighted by atomic mass is 16.5. The van der Waals surface area contributed by atoms with E-state index in [0.29, 0.717) is 25.1 Å². The highest BCUT2D eigenvalue weighted by Gasteiger charge is 2.14. The topological polar surface area (TPSA) is 50.4 Å². The Morgan fingerprint density at radius 2 is 2.26 bits per heavy atom. The van der Waals surface area contributed by atoms with Crippen LogP contribution in [0.15, 0.2) is 0 Å². The van der Waals surface area contributed by atoms with Gasteiger partial charge in [-0.2, -0.15) is 0 Å². The summed E-state index contributed by atoms with van der Waals surface area (Å²) >= 11 is 0. The van der Waals surface area contributed by atoms with E-state index in [2.05, 4.69) is 17.6 Å². The second-order valence-electron chi connectivity index (χ2n) is 5.50. The van der Waals surface area contributed by atoms with Crippen LogP contribution in [0.1, 0.15) is 58.8 Å². The van der Waals surface area contributed by atoms with E-state index >= 15 is 0 Å². The lowest BCUT2D eigenvalue weighted by atomic mass is 10.0. The van der Waals surface area contributed by atoms with Crippen molar-refractivity contribution >= 4 is 5.97 Å². The Balaban J connectivity index is 2.03. The first-order valence-corrected chi connectivity index (χ1v) is 7.84. The van der Waals surface area contributed by atoms with Gasteiger partial charge in [-0.3, -0.25) is 4.79 Å². The maximum absolute atomic E-state index is 11.2. The van der Waals surface area contributed by atoms with Crippen LogP contribution in [0.25, 0.3) is 0 Å². The van der Waals surface area contributed by atoms with Crippen molar-refractivity contribution in [2.24, 2.45) is 0 Å². The molecule has 0 spiro atoms. The number of ether oxygens (including phenoxy) is 1. The maximum atomic E-state index is 11.2. The third kappa shape index (κ3) is 8.22. The average Bonchev–Trinajstić information content (AvgIpc) is 2.64. The number of rotatable bonds is 8. The molecule has 2 N–H and O–H groups in total. The molecule has 1 aliphatic heterocycles. The van der Waals surface area contributed by atoms with Gasteiger partial charge in [0.05, 0.1) is 6.61 Å². The molecule has 1 heterocycles. The fourth-order valence-corrected chi connectivity index (χ4v) is 2.63. The Morgan fingerprint density at radius 3 is 3.05 bits per heavy atom. The van der Waals surface area contributed by atoms with Crippen molar-refractivity contribution in [1.29, 1.82) is 0 Å². The standard InChI is InChI=1S/C15H30N2O2/c1-3-19-15(18)9-7-11-16-13(2)12-14-8-5-4-6-10-17-14/h13-14,16-17H,3-12H2,1-2H3. The lowest BCUT2D eigenvalue weighted by Crippen LogP contribution is -2.37. The van der Waals surface area contributed by atoms with Crippen molar-refractivity contribution in [2.45, 2.75) is 70.9 Å². The van der Waals surface area contributed by atoms with Gasteiger partial charge in [0.15, 0.2) is 0 Å². The Kier molecular flexibility index (Phi) is 8.84. The zero-order valence-corrected chi connectivity index (χ0v) is 12.5. The minimum absolute atomic E-state index is 0.0811. The third-order valence-corrected chi connectivity index (χ3v) is 3.66. The minimum Gasteiger partial charge on any atom is -0.466 e. The molecule has 1 saturated heterocycles. The summed E-state index contributed by atoms with van der Waals surface area (Å²) in [5.74, 6) is -0.0811. The van der Waals surface area contributed by atoms with Gasteiger partial charge in [0.2, 0.25) is 0 Å². The van der Waals surface area contributed by atoms with Gasteiger partial charge in [-0.25, -0.2) is 0 Å². The summed E-state index contributed by atoms with van der Waals surface area (Å²) in [6.45, 7) is 6.62. The molecule has 4 heteroatoms. The molecule has 0 radical (unpaired) electrons. The molecule has 0 aliphatic carbocycles. The van der Waals surface area contributed by atoms with Gasteiger partial charge in [0.25, 0.3) is 0 Å². The van der Waals surface area contributed by atoms with Crippen LogP contribution in [0, 0.1) is 0 Å². The zero-order chi connectivity index (χ0) is 13.9. The molecule has 0 aromatic carbocycles. The summed E-state index contributed by atoms with van der Waals surface area (Å²) in [6.07, 6.45) is 7.90. The Labute approximate surface area is 117 Å². The van der Waals surface area contributed by atoms with Gasteiger partial charge >= 0.3 is 5.97 Å². The first kappa shape index (κ1) is 16.4. The van der Waals surface area contributed by atoms with Crippen LogP contribution in [0.5, 0.6) is 0 Å². The van der Waals surface area contributed by atoms with Gasteiger partial charge in [0.1, 0.15) is 0 Å². The fraction of sp³-hybridized carbons (Fsp3) is 0.933. The van der Waals surface area contributed by atoms with E-state index in [-0.39, 0.29) is 5.97 Å². The van der Waals surface area contributed by atoms with Gasteiger partial charge in [0, 0.05) is 18.5 Å². The molecule has 1 fully saturated rings. The first-order valence-electron chi connectivity index (χ1n) is 7.84. The second-order valence-corrected chi connectivity index (χ2v) is 5.50. The number of carbonyl (C=O) groups is 1. The van der Waals surface area contributed by atoms with Crippen molar-refractivity contribution in [3.8, 4) is 0 Å². The van der Waals surface area contributed by atoms with Crippen LogP contribution in [0.4, 0.5) is 0 Å². The van der Waals surface area contributed by atoms with Crippen molar-refractivity contribution in [3.05, 3.63) is 0 Å². The maximum Gasteiger partial charge on any atom is 0.305 e. The summed E-state index contributed by atoms with van der Waals surface area (Å²) in [4.78, 5) is 11.2. The lowest BCUT2D eigenvalue weighted by Gasteiger charge is -2.21. The molecule has 1 rings (SSSR count). The van der Waals surface area contributed by atoms with Crippen molar-refractivity contribution in [1.82, 2.24) is 10.6 Å². The van der Waals surface area contributed by atoms with Crippen molar-refractivity contribution in [3.63, 3.8) is 0 Å². The predicted octanol–water partition coefficient (Wildman–Crippen LogP) is 2.23. The summed E-state index contributed by atoms with van der Waals surface area (Å²) < 4.78 is 4.91. The summed E-state index contributed by atoms with van der Waals surface area (Å²) in [5.41, 5.74) is 0. The van der Waals surface area contributed by atoms with Crippen molar-refractivity contribution < 1.29 is 9.53 Å². The lowest BCUT2D eigenvalue weighted by molar-refractivity contribution is -0.143. The third-order valence-electron chi connectivity index (χ3n) is 3.66. The van der Waals surface area contributed by atoms with E-state index in [9.17, 15) is 4.79 Å². The molecule has 4 nitrogen and oxygen atoms in total. The predicted molar refractivity (Wildman–Crippen MR) is 78.2 cm³/mol. The smallest absolute Gasteiger partial charge is 0.305 e. The van der Waals surface area contributed by atoms with Crippen LogP contribution in [0.2, 0.25) is 0 Å². The van der Waals surface area contributed by atoms with Gasteiger partial charge < -0.3 is 15.4 Å². The monoisotopic (exact) mass is 270 g/mol. The largest absolute Gasteiger partial charge is 0.466 e. The Hall–Kier alpha value is -0.610. The molecule has 0 amide bonds. The van der Waals surface area contributed by atoms with Crippen LogP contribution in [-0.2, 0) is 9.53 Å². The van der Waals surface area contributed by atoms with Crippen LogP contribution < -0.4 is 10.6 Å². The SMILES string of the molecule is CCOC(=O)CCCNC(C)CC1CCCCCN1. The molecular weight excluding hydrogens is 240 g/mol. The van der Waals surface area contributed by atoms with Gasteiger partial charge in [-0.05, 0) is 52.6 Å². The van der Waals surface area contributed by atoms with Crippen LogP contribution in [-0.4, -0.2) is 37.7 Å². The van der Waals surface area contributed by atoms with E-state index in [1.165, 1.54) is 38.6 Å². The highest BCUT2D eigenvalue weighted by Crippen LogP contribution is 2.12. The van der Waals surface area contributed by atoms with E-state index < -0.39 is 0 Å². The molecule has 0 saturated carbocycles. The van der Waals surface area contributed by atoms with E-state index in [1.54, 1.807) is 0 Å². The summed E-state index contributed by atoms with van der Waals surface area (Å²) in [7, 11) is 0. The summed E-state index contributed by atoms with van der Waals surface area (Å²) in [5, 5.41) is 7.12. The first-order chi connectivity index (χ1) is 9.22. The Morgan fingerprint density at radius 1 is 1.42 bits per heavy atom. The summed E-state index contributed by atoms with van der Waals surface area (Å²) in [6, 6.07) is 1.17. The zero-order valence-electron chi connectivity index (χ0n) is 12.5. The molecule has 2 unspecified atom stereocenters. The normalized spacial score (nSPS) is 21.7. The quantitative estimate of drug-likeness (QED) is 0.524. The molecule has 0 aromatic rings. The van der Waals surface area contributed by atoms with Gasteiger partial charge in [-0.1, -0.05) is 12.8 Å². The van der Waals surface area contributed by atoms with Crippen LogP contribution >= 0.6 is 0 Å². The second kappa shape index (κ2) is 10.2. The average molecular weight is 270 g/mol. The molecule has 0 aromatic heterocycles. The molecule has 1 aliphatic rings. The van der Waals surface area contributed by atoms with Gasteiger partial charge in [-0.15, -0.1) is 0 Å². The van der Waals surface area contributed by atoms with E-state index in [1.807, 2.05) is 6.92 Å². The molecular formula is C15H30N2O2. The molecule has 0 bridgehead atoms. The number of carbonyl (C=O) groups excluding carboxylic acids is 1. The van der Waals surface area contributed by atoms with E-state index in [0.717, 1.165) is 13.0 Å². The number of nitrogens with one attached hydrogen (secondary N) is 2. The number of esters is 1. The molecule has 2 atom stereocenters. The number of hydrogen-bond acceptors (Lipinski definition) is 4. The van der Waals surface area contributed by atoms with Crippen LogP contribution in [0.3, 0.4) is 0 Å². The minimum atomic E-state index is -0.0811. The molecule has 112 valence electrons. The fourth-order valence-electron chi connectivity index (χ4n) is 2.63. The number of hydrogen-bond donors (Lipinski definition) is 2. The Bertz CT molecular complexity index is 238. The molecule has 19 heavy (non-hydrogen) atoms. The highest BCUT2D eigenvalue weighted by molar-refractivity contribution is 5.69. The van der Waals surface area contributed by atoms with E-state index in [4.69, 9.17) is 4.74 Å². The van der Waals surface area contributed by atoms with Crippen molar-refractivity contribution in [2.75, 3.05) is 19.7 Å².